The number of carbonyl (C=O) groups excluding carboxylic acids is 1. The summed E-state index contributed by atoms with van der Waals surface area (Å²) >= 11 is 0. The van der Waals surface area contributed by atoms with E-state index >= 15 is 0 Å². The topological polar surface area (TPSA) is 55.4 Å². The molecule has 0 aromatic carbocycles. The zero-order valence-electron chi connectivity index (χ0n) is 11.0. The van der Waals surface area contributed by atoms with E-state index in [4.69, 9.17) is 4.74 Å². The average Bonchev–Trinajstić information content (AvgIpc) is 1.98. The summed E-state index contributed by atoms with van der Waals surface area (Å²) < 4.78 is 16.2. The molecule has 0 heterocycles. The SMILES string of the molecule is CC(CS(C)=O)NC(C)C(=O)OC(C)(C)C. The highest BCUT2D eigenvalue weighted by molar-refractivity contribution is 7.84. The molecule has 3 atom stereocenters. The van der Waals surface area contributed by atoms with E-state index in [0.29, 0.717) is 5.75 Å². The molecule has 0 aliphatic carbocycles. The maximum absolute atomic E-state index is 11.6. The Bertz CT molecular complexity index is 260. The van der Waals surface area contributed by atoms with Gasteiger partial charge in [0, 0.05) is 28.9 Å². The number of hydrogen-bond acceptors (Lipinski definition) is 4. The van der Waals surface area contributed by atoms with Crippen LogP contribution in [0.15, 0.2) is 0 Å². The highest BCUT2D eigenvalue weighted by atomic mass is 32.2. The van der Waals surface area contributed by atoms with Crippen LogP contribution in [0.4, 0.5) is 0 Å². The second-order valence-corrected chi connectivity index (χ2v) is 6.54. The molecule has 0 saturated heterocycles. The average molecular weight is 249 g/mol. The third kappa shape index (κ3) is 7.82. The van der Waals surface area contributed by atoms with Crippen LogP contribution >= 0.6 is 0 Å². The lowest BCUT2D eigenvalue weighted by Crippen LogP contribution is -2.44. The van der Waals surface area contributed by atoms with Crippen molar-refractivity contribution in [1.29, 1.82) is 0 Å². The highest BCUT2D eigenvalue weighted by Gasteiger charge is 2.22. The lowest BCUT2D eigenvalue weighted by Gasteiger charge is -2.24. The van der Waals surface area contributed by atoms with Gasteiger partial charge in [0.1, 0.15) is 11.6 Å². The summed E-state index contributed by atoms with van der Waals surface area (Å²) in [5.41, 5.74) is -0.468. The Morgan fingerprint density at radius 3 is 2.25 bits per heavy atom. The second kappa shape index (κ2) is 6.35. The van der Waals surface area contributed by atoms with Crippen molar-refractivity contribution in [2.75, 3.05) is 12.0 Å². The minimum absolute atomic E-state index is 0.0355. The fraction of sp³-hybridized carbons (Fsp3) is 0.909. The minimum atomic E-state index is -0.859. The van der Waals surface area contributed by atoms with Gasteiger partial charge in [0.15, 0.2) is 0 Å². The standard InChI is InChI=1S/C11H23NO3S/c1-8(7-16(6)14)12-9(2)10(13)15-11(3,4)5/h8-9,12H,7H2,1-6H3. The van der Waals surface area contributed by atoms with Gasteiger partial charge in [-0.15, -0.1) is 0 Å². The molecule has 4 nitrogen and oxygen atoms in total. The quantitative estimate of drug-likeness (QED) is 0.741. The number of rotatable bonds is 5. The smallest absolute Gasteiger partial charge is 0.323 e. The van der Waals surface area contributed by atoms with E-state index in [1.165, 1.54) is 0 Å². The number of nitrogens with one attached hydrogen (secondary N) is 1. The Labute approximate surface area is 101 Å². The van der Waals surface area contributed by atoms with Crippen molar-refractivity contribution >= 4 is 16.8 Å². The number of hydrogen-bond donors (Lipinski definition) is 1. The number of carbonyl (C=O) groups is 1. The zero-order valence-corrected chi connectivity index (χ0v) is 11.8. The first kappa shape index (κ1) is 15.6. The minimum Gasteiger partial charge on any atom is -0.459 e. The predicted molar refractivity (Wildman–Crippen MR) is 66.8 cm³/mol. The van der Waals surface area contributed by atoms with Gasteiger partial charge >= 0.3 is 5.97 Å². The molecule has 0 radical (unpaired) electrons. The van der Waals surface area contributed by atoms with Crippen molar-refractivity contribution in [2.45, 2.75) is 52.3 Å². The van der Waals surface area contributed by atoms with Crippen LogP contribution in [0, 0.1) is 0 Å². The molecule has 0 aliphatic rings. The summed E-state index contributed by atoms with van der Waals surface area (Å²) in [6, 6.07) is -0.342. The van der Waals surface area contributed by atoms with Crippen LogP contribution in [0.5, 0.6) is 0 Å². The Kier molecular flexibility index (Phi) is 6.18. The van der Waals surface area contributed by atoms with Crippen molar-refractivity contribution in [2.24, 2.45) is 0 Å². The lowest BCUT2D eigenvalue weighted by molar-refractivity contribution is -0.157. The van der Waals surface area contributed by atoms with Gasteiger partial charge in [0.2, 0.25) is 0 Å². The van der Waals surface area contributed by atoms with Gasteiger partial charge in [-0.05, 0) is 34.6 Å². The zero-order chi connectivity index (χ0) is 12.9. The van der Waals surface area contributed by atoms with E-state index in [1.807, 2.05) is 27.7 Å². The Hall–Kier alpha value is -0.420. The fourth-order valence-electron chi connectivity index (χ4n) is 1.29. The monoisotopic (exact) mass is 249 g/mol. The van der Waals surface area contributed by atoms with Gasteiger partial charge < -0.3 is 10.1 Å². The third-order valence-corrected chi connectivity index (χ3v) is 2.75. The molecule has 3 unspecified atom stereocenters. The van der Waals surface area contributed by atoms with E-state index in [1.54, 1.807) is 13.2 Å². The first-order valence-corrected chi connectivity index (χ1v) is 7.13. The molecule has 0 aromatic heterocycles. The maximum atomic E-state index is 11.6. The van der Waals surface area contributed by atoms with Gasteiger partial charge in [0.05, 0.1) is 0 Å². The first-order valence-electron chi connectivity index (χ1n) is 5.40. The molecular formula is C11H23NO3S. The van der Waals surface area contributed by atoms with E-state index in [2.05, 4.69) is 5.32 Å². The number of ether oxygens (including phenoxy) is 1. The molecule has 1 N–H and O–H groups in total. The van der Waals surface area contributed by atoms with Gasteiger partial charge in [0.25, 0.3) is 0 Å². The van der Waals surface area contributed by atoms with Crippen LogP contribution in [0.3, 0.4) is 0 Å². The van der Waals surface area contributed by atoms with Crippen molar-refractivity contribution in [3.63, 3.8) is 0 Å². The van der Waals surface area contributed by atoms with Crippen LogP contribution in [0.1, 0.15) is 34.6 Å². The van der Waals surface area contributed by atoms with Crippen LogP contribution in [-0.2, 0) is 20.3 Å². The lowest BCUT2D eigenvalue weighted by atomic mass is 10.2. The summed E-state index contributed by atoms with van der Waals surface area (Å²) in [5.74, 6) is 0.258. The normalized spacial score (nSPS) is 17.6. The van der Waals surface area contributed by atoms with Crippen molar-refractivity contribution in [1.82, 2.24) is 5.32 Å². The van der Waals surface area contributed by atoms with Gasteiger partial charge in [-0.2, -0.15) is 0 Å². The summed E-state index contributed by atoms with van der Waals surface area (Å²) in [5, 5.41) is 3.07. The van der Waals surface area contributed by atoms with Crippen LogP contribution in [0.2, 0.25) is 0 Å². The van der Waals surface area contributed by atoms with E-state index in [9.17, 15) is 9.00 Å². The largest absolute Gasteiger partial charge is 0.459 e. The molecule has 0 bridgehead atoms. The summed E-state index contributed by atoms with van der Waals surface area (Å²) in [4.78, 5) is 11.6. The Morgan fingerprint density at radius 2 is 1.88 bits per heavy atom. The molecule has 0 aromatic rings. The van der Waals surface area contributed by atoms with E-state index in [0.717, 1.165) is 0 Å². The van der Waals surface area contributed by atoms with Crippen LogP contribution in [0.25, 0.3) is 0 Å². The Morgan fingerprint density at radius 1 is 1.38 bits per heavy atom. The molecule has 0 fully saturated rings. The molecule has 0 saturated carbocycles. The first-order chi connectivity index (χ1) is 7.11. The van der Waals surface area contributed by atoms with Crippen molar-refractivity contribution in [3.8, 4) is 0 Å². The van der Waals surface area contributed by atoms with E-state index < -0.39 is 16.4 Å². The molecule has 0 aliphatic heterocycles. The molecule has 0 amide bonds. The van der Waals surface area contributed by atoms with Gasteiger partial charge in [-0.1, -0.05) is 0 Å². The van der Waals surface area contributed by atoms with Gasteiger partial charge in [-0.3, -0.25) is 9.00 Å². The molecule has 0 rings (SSSR count). The van der Waals surface area contributed by atoms with Gasteiger partial charge in [-0.25, -0.2) is 0 Å². The highest BCUT2D eigenvalue weighted by Crippen LogP contribution is 2.08. The predicted octanol–water partition coefficient (Wildman–Crippen LogP) is 1.07. The summed E-state index contributed by atoms with van der Waals surface area (Å²) in [7, 11) is -0.859. The van der Waals surface area contributed by atoms with Crippen LogP contribution < -0.4 is 5.32 Å². The maximum Gasteiger partial charge on any atom is 0.323 e. The molecule has 16 heavy (non-hydrogen) atoms. The Balaban J connectivity index is 4.10. The molecular weight excluding hydrogens is 226 g/mol. The molecule has 0 spiro atoms. The summed E-state index contributed by atoms with van der Waals surface area (Å²) in [6.45, 7) is 9.16. The number of esters is 1. The van der Waals surface area contributed by atoms with Crippen molar-refractivity contribution in [3.05, 3.63) is 0 Å². The second-order valence-electron chi connectivity index (χ2n) is 5.06. The van der Waals surface area contributed by atoms with Crippen LogP contribution in [-0.4, -0.2) is 39.9 Å². The third-order valence-electron chi connectivity index (χ3n) is 1.78. The van der Waals surface area contributed by atoms with Crippen molar-refractivity contribution < 1.29 is 13.7 Å². The summed E-state index contributed by atoms with van der Waals surface area (Å²) in [6.07, 6.45) is 1.65. The fourth-order valence-corrected chi connectivity index (χ4v) is 2.09. The van der Waals surface area contributed by atoms with E-state index in [-0.39, 0.29) is 18.1 Å². The molecule has 5 heteroatoms. The molecule has 96 valence electrons.